The van der Waals surface area contributed by atoms with Crippen molar-refractivity contribution in [3.63, 3.8) is 0 Å². The Kier molecular flexibility index (Phi) is 5.96. The zero-order valence-electron chi connectivity index (χ0n) is 16.7. The van der Waals surface area contributed by atoms with Crippen LogP contribution in [0.25, 0.3) is 10.9 Å². The normalized spacial score (nSPS) is 19.9. The van der Waals surface area contributed by atoms with E-state index in [9.17, 15) is 18.7 Å². The smallest absolute Gasteiger partial charge is 0.414 e. The molecule has 1 aromatic heterocycles. The van der Waals surface area contributed by atoms with Crippen LogP contribution in [0.1, 0.15) is 27.7 Å². The summed E-state index contributed by atoms with van der Waals surface area (Å²) in [6.07, 6.45) is 2.22. The lowest BCUT2D eigenvalue weighted by Gasteiger charge is -2.31. The predicted octanol–water partition coefficient (Wildman–Crippen LogP) is 4.60. The third kappa shape index (κ3) is 4.81. The molecule has 1 unspecified atom stereocenters. The molecular formula is C19H20BrClF2N4O3. The Morgan fingerprint density at radius 2 is 1.97 bits per heavy atom. The Morgan fingerprint density at radius 3 is 2.60 bits per heavy atom. The Morgan fingerprint density at radius 1 is 1.30 bits per heavy atom. The van der Waals surface area contributed by atoms with Gasteiger partial charge in [0.2, 0.25) is 5.28 Å². The largest absolute Gasteiger partial charge is 0.443 e. The molecule has 1 N–H and O–H groups in total. The van der Waals surface area contributed by atoms with Crippen LogP contribution < -0.4 is 4.90 Å². The van der Waals surface area contributed by atoms with Gasteiger partial charge in [-0.1, -0.05) is 0 Å². The molecule has 1 aliphatic rings. The molecule has 0 bridgehead atoms. The van der Waals surface area contributed by atoms with Gasteiger partial charge in [-0.2, -0.15) is 4.98 Å². The van der Waals surface area contributed by atoms with Gasteiger partial charge in [-0.3, -0.25) is 4.90 Å². The maximum absolute atomic E-state index is 14.6. The molecule has 1 atom stereocenters. The van der Waals surface area contributed by atoms with Crippen molar-refractivity contribution < 1.29 is 23.4 Å². The van der Waals surface area contributed by atoms with Crippen LogP contribution in [0.2, 0.25) is 5.28 Å². The lowest BCUT2D eigenvalue weighted by molar-refractivity contribution is 0.00751. The maximum atomic E-state index is 14.6. The zero-order valence-corrected chi connectivity index (χ0v) is 19.1. The van der Waals surface area contributed by atoms with E-state index in [0.29, 0.717) is 0 Å². The van der Waals surface area contributed by atoms with Crippen molar-refractivity contribution in [1.82, 2.24) is 14.9 Å². The second-order valence-corrected chi connectivity index (χ2v) is 9.36. The standard InChI is InChI=1S/C19H20BrClF2N4O3/c1-18(2,3)30-17(28)27-6-5-26(8-19(4,29)9-27)15-10-7-11(22)12(20)13(23)14(10)24-16(21)25-15/h5-7,29H,8-9H2,1-4H3. The number of carbonyl (C=O) groups excluding carboxylic acids is 1. The number of rotatable bonds is 1. The molecular weight excluding hydrogens is 486 g/mol. The number of benzene rings is 1. The molecule has 1 aromatic carbocycles. The average Bonchev–Trinajstić information content (AvgIpc) is 2.77. The average molecular weight is 506 g/mol. The molecule has 1 aliphatic heterocycles. The molecule has 0 fully saturated rings. The van der Waals surface area contributed by atoms with Gasteiger partial charge in [0.15, 0.2) is 5.82 Å². The molecule has 0 radical (unpaired) electrons. The van der Waals surface area contributed by atoms with E-state index in [1.54, 1.807) is 20.8 Å². The first-order chi connectivity index (χ1) is 13.8. The van der Waals surface area contributed by atoms with Crippen molar-refractivity contribution in [1.29, 1.82) is 0 Å². The van der Waals surface area contributed by atoms with E-state index in [0.717, 1.165) is 6.07 Å². The van der Waals surface area contributed by atoms with Crippen molar-refractivity contribution in [3.05, 3.63) is 39.9 Å². The van der Waals surface area contributed by atoms with Gasteiger partial charge >= 0.3 is 6.09 Å². The number of hydrogen-bond donors (Lipinski definition) is 1. The number of nitrogens with zero attached hydrogens (tertiary/aromatic N) is 4. The summed E-state index contributed by atoms with van der Waals surface area (Å²) in [6, 6.07) is 1.08. The van der Waals surface area contributed by atoms with E-state index >= 15 is 0 Å². The molecule has 0 saturated heterocycles. The summed E-state index contributed by atoms with van der Waals surface area (Å²) in [5.41, 5.74) is -2.31. The summed E-state index contributed by atoms with van der Waals surface area (Å²) < 4.78 is 33.7. The third-order valence-corrected chi connectivity index (χ3v) is 5.02. The minimum atomic E-state index is -1.41. The van der Waals surface area contributed by atoms with Gasteiger partial charge in [0, 0.05) is 17.8 Å². The predicted molar refractivity (Wildman–Crippen MR) is 112 cm³/mol. The molecule has 7 nitrogen and oxygen atoms in total. The van der Waals surface area contributed by atoms with Gasteiger partial charge in [-0.05, 0) is 61.3 Å². The second kappa shape index (κ2) is 7.90. The van der Waals surface area contributed by atoms with Crippen LogP contribution in [0.4, 0.5) is 19.4 Å². The lowest BCUT2D eigenvalue weighted by atomic mass is 10.1. The van der Waals surface area contributed by atoms with Crippen LogP contribution in [-0.4, -0.2) is 50.4 Å². The van der Waals surface area contributed by atoms with Gasteiger partial charge in [0.1, 0.15) is 22.8 Å². The van der Waals surface area contributed by atoms with Crippen molar-refractivity contribution in [2.24, 2.45) is 0 Å². The Balaban J connectivity index is 2.08. The number of carbonyl (C=O) groups is 1. The summed E-state index contributed by atoms with van der Waals surface area (Å²) in [5.74, 6) is -1.68. The van der Waals surface area contributed by atoms with Gasteiger partial charge in [0.25, 0.3) is 0 Å². The first-order valence-corrected chi connectivity index (χ1v) is 10.1. The highest BCUT2D eigenvalue weighted by Crippen LogP contribution is 2.34. The number of fused-ring (bicyclic) bond motifs is 1. The lowest BCUT2D eigenvalue weighted by Crippen LogP contribution is -2.46. The van der Waals surface area contributed by atoms with Gasteiger partial charge in [-0.15, -0.1) is 0 Å². The third-order valence-electron chi connectivity index (χ3n) is 4.13. The summed E-state index contributed by atoms with van der Waals surface area (Å²) >= 11 is 8.82. The van der Waals surface area contributed by atoms with Gasteiger partial charge in [0.05, 0.1) is 23.2 Å². The Labute approximate surface area is 185 Å². The summed E-state index contributed by atoms with van der Waals surface area (Å²) in [4.78, 5) is 23.1. The Hall–Kier alpha value is -2.04. The zero-order chi connectivity index (χ0) is 22.4. The van der Waals surface area contributed by atoms with Crippen molar-refractivity contribution in [2.45, 2.75) is 38.9 Å². The minimum Gasteiger partial charge on any atom is -0.443 e. The van der Waals surface area contributed by atoms with Crippen LogP contribution >= 0.6 is 27.5 Å². The molecule has 11 heteroatoms. The fourth-order valence-corrected chi connectivity index (χ4v) is 3.46. The highest BCUT2D eigenvalue weighted by molar-refractivity contribution is 9.10. The van der Waals surface area contributed by atoms with Gasteiger partial charge < -0.3 is 14.7 Å². The first kappa shape index (κ1) is 22.6. The monoisotopic (exact) mass is 504 g/mol. The minimum absolute atomic E-state index is 0.0372. The van der Waals surface area contributed by atoms with Crippen molar-refractivity contribution >= 4 is 50.3 Å². The van der Waals surface area contributed by atoms with Crippen LogP contribution in [0, 0.1) is 11.6 Å². The maximum Gasteiger partial charge on any atom is 0.414 e. The van der Waals surface area contributed by atoms with E-state index in [1.807, 2.05) is 0 Å². The second-order valence-electron chi connectivity index (χ2n) is 8.23. The molecule has 1 amide bonds. The number of aromatic nitrogens is 2. The van der Waals surface area contributed by atoms with E-state index < -0.39 is 28.9 Å². The van der Waals surface area contributed by atoms with Crippen LogP contribution in [0.3, 0.4) is 0 Å². The molecule has 2 aromatic rings. The summed E-state index contributed by atoms with van der Waals surface area (Å²) in [6.45, 7) is 6.60. The summed E-state index contributed by atoms with van der Waals surface area (Å²) in [5, 5.41) is 10.6. The van der Waals surface area contributed by atoms with Gasteiger partial charge in [-0.25, -0.2) is 18.6 Å². The fraction of sp³-hybridized carbons (Fsp3) is 0.421. The fourth-order valence-electron chi connectivity index (χ4n) is 2.99. The van der Waals surface area contributed by atoms with E-state index in [4.69, 9.17) is 16.3 Å². The molecule has 0 saturated carbocycles. The van der Waals surface area contributed by atoms with Crippen molar-refractivity contribution in [2.75, 3.05) is 18.0 Å². The highest BCUT2D eigenvalue weighted by Gasteiger charge is 2.34. The number of ether oxygens (including phenoxy) is 1. The first-order valence-electron chi connectivity index (χ1n) is 8.95. The highest BCUT2D eigenvalue weighted by atomic mass is 79.9. The molecule has 30 heavy (non-hydrogen) atoms. The topological polar surface area (TPSA) is 78.8 Å². The van der Waals surface area contributed by atoms with Crippen LogP contribution in [0.5, 0.6) is 0 Å². The number of amides is 1. The quantitative estimate of drug-likeness (QED) is 0.451. The Bertz CT molecular complexity index is 1040. The number of hydrogen-bond acceptors (Lipinski definition) is 6. The molecule has 0 spiro atoms. The number of β-amino-alcohol motifs (C(OH)–C–C–N with tert-alkyl or cyclic N) is 1. The SMILES string of the molecule is CC1(O)CN(C(=O)OC(C)(C)C)C=CN(c2nc(Cl)nc3c(F)c(Br)c(F)cc23)C1. The van der Waals surface area contributed by atoms with Crippen LogP contribution in [-0.2, 0) is 4.74 Å². The number of anilines is 1. The van der Waals surface area contributed by atoms with Crippen LogP contribution in [0.15, 0.2) is 22.9 Å². The molecule has 3 rings (SSSR count). The van der Waals surface area contributed by atoms with E-state index in [1.165, 1.54) is 29.1 Å². The summed E-state index contributed by atoms with van der Waals surface area (Å²) in [7, 11) is 0. The number of halogens is 4. The molecule has 2 heterocycles. The number of aliphatic hydroxyl groups is 1. The van der Waals surface area contributed by atoms with Crippen molar-refractivity contribution in [3.8, 4) is 0 Å². The van der Waals surface area contributed by atoms with E-state index in [-0.39, 0.29) is 39.6 Å². The molecule has 162 valence electrons. The van der Waals surface area contributed by atoms with E-state index in [2.05, 4.69) is 25.9 Å². The molecule has 0 aliphatic carbocycles.